The van der Waals surface area contributed by atoms with Gasteiger partial charge in [0.05, 0.1) is 5.02 Å². The lowest BCUT2D eigenvalue weighted by Crippen LogP contribution is -2.19. The Morgan fingerprint density at radius 3 is 2.44 bits per heavy atom. The smallest absolute Gasteiger partial charge is 0.411 e. The van der Waals surface area contributed by atoms with Crippen LogP contribution in [0.3, 0.4) is 0 Å². The first-order valence-electron chi connectivity index (χ1n) is 4.64. The van der Waals surface area contributed by atoms with Crippen LogP contribution in [0.15, 0.2) is 12.1 Å². The average molecular weight is 368 g/mol. The molecule has 0 bridgehead atoms. The Bertz CT molecular complexity index is 413. The van der Waals surface area contributed by atoms with E-state index in [0.29, 0.717) is 15.9 Å². The second-order valence-corrected chi connectivity index (χ2v) is 4.64. The Labute approximate surface area is 120 Å². The van der Waals surface area contributed by atoms with Crippen molar-refractivity contribution < 1.29 is 22.6 Å². The molecule has 1 rings (SSSR count). The van der Waals surface area contributed by atoms with Gasteiger partial charge in [-0.05, 0) is 12.1 Å². The molecule has 0 spiro atoms. The molecule has 0 fully saturated rings. The van der Waals surface area contributed by atoms with Crippen LogP contribution in [0, 0.1) is 0 Å². The van der Waals surface area contributed by atoms with Crippen molar-refractivity contribution in [2.75, 3.05) is 13.4 Å². The van der Waals surface area contributed by atoms with Crippen LogP contribution in [0.1, 0.15) is 5.56 Å². The van der Waals surface area contributed by atoms with Crippen LogP contribution >= 0.6 is 39.1 Å². The molecular weight excluding hydrogens is 360 g/mol. The van der Waals surface area contributed by atoms with Crippen LogP contribution in [0.2, 0.25) is 10.0 Å². The number of halogens is 6. The summed E-state index contributed by atoms with van der Waals surface area (Å²) in [6.07, 6.45) is -4.38. The Morgan fingerprint density at radius 1 is 1.22 bits per heavy atom. The van der Waals surface area contributed by atoms with Gasteiger partial charge in [-0.15, -0.1) is 0 Å². The standard InChI is InChI=1S/C10H8BrCl2F3O2/c11-3-6-1-7(12)2-8(13)9(6)18-5-17-4-10(14,15)16/h1-2H,3-5H2. The molecule has 0 aromatic heterocycles. The van der Waals surface area contributed by atoms with Gasteiger partial charge in [0, 0.05) is 15.9 Å². The number of benzene rings is 1. The lowest BCUT2D eigenvalue weighted by molar-refractivity contribution is -0.186. The Kier molecular flexibility index (Phi) is 6.04. The minimum Gasteiger partial charge on any atom is -0.466 e. The summed E-state index contributed by atoms with van der Waals surface area (Å²) in [5.74, 6) is 0.250. The summed E-state index contributed by atoms with van der Waals surface area (Å²) in [5, 5.41) is 1.03. The van der Waals surface area contributed by atoms with E-state index in [-0.39, 0.29) is 10.8 Å². The number of ether oxygens (including phenoxy) is 2. The number of hydrogen-bond acceptors (Lipinski definition) is 2. The van der Waals surface area contributed by atoms with Gasteiger partial charge in [0.15, 0.2) is 6.79 Å². The highest BCUT2D eigenvalue weighted by molar-refractivity contribution is 9.08. The summed E-state index contributed by atoms with van der Waals surface area (Å²) >= 11 is 14.9. The van der Waals surface area contributed by atoms with Crippen molar-refractivity contribution in [2.24, 2.45) is 0 Å². The van der Waals surface area contributed by atoms with Gasteiger partial charge in [-0.3, -0.25) is 0 Å². The van der Waals surface area contributed by atoms with E-state index in [1.165, 1.54) is 6.07 Å². The first-order valence-corrected chi connectivity index (χ1v) is 6.52. The summed E-state index contributed by atoms with van der Waals surface area (Å²) in [7, 11) is 0. The van der Waals surface area contributed by atoms with Gasteiger partial charge in [-0.1, -0.05) is 39.1 Å². The van der Waals surface area contributed by atoms with Crippen LogP contribution in [0.25, 0.3) is 0 Å². The second-order valence-electron chi connectivity index (χ2n) is 3.24. The first-order chi connectivity index (χ1) is 8.33. The van der Waals surface area contributed by atoms with Crippen molar-refractivity contribution in [3.63, 3.8) is 0 Å². The number of alkyl halides is 4. The van der Waals surface area contributed by atoms with Crippen molar-refractivity contribution >= 4 is 39.1 Å². The molecule has 0 saturated carbocycles. The maximum atomic E-state index is 11.8. The summed E-state index contributed by atoms with van der Waals surface area (Å²) in [4.78, 5) is 0. The quantitative estimate of drug-likeness (QED) is 0.422. The Morgan fingerprint density at radius 2 is 1.89 bits per heavy atom. The molecule has 8 heteroatoms. The van der Waals surface area contributed by atoms with E-state index in [1.807, 2.05) is 0 Å². The third-order valence-electron chi connectivity index (χ3n) is 1.78. The zero-order valence-corrected chi connectivity index (χ0v) is 12.0. The monoisotopic (exact) mass is 366 g/mol. The molecule has 1 aromatic rings. The summed E-state index contributed by atoms with van der Waals surface area (Å²) < 4.78 is 44.9. The molecule has 0 unspecified atom stereocenters. The van der Waals surface area contributed by atoms with Crippen molar-refractivity contribution in [2.45, 2.75) is 11.5 Å². The molecule has 0 heterocycles. The predicted octanol–water partition coefficient (Wildman–Crippen LogP) is 4.80. The van der Waals surface area contributed by atoms with Crippen LogP contribution in [0.4, 0.5) is 13.2 Å². The van der Waals surface area contributed by atoms with Crippen molar-refractivity contribution in [3.05, 3.63) is 27.7 Å². The largest absolute Gasteiger partial charge is 0.466 e. The fourth-order valence-corrected chi connectivity index (χ4v) is 2.14. The van der Waals surface area contributed by atoms with Gasteiger partial charge in [0.2, 0.25) is 0 Å². The van der Waals surface area contributed by atoms with Gasteiger partial charge < -0.3 is 9.47 Å². The molecule has 0 aliphatic carbocycles. The van der Waals surface area contributed by atoms with E-state index in [1.54, 1.807) is 6.07 Å². The minimum absolute atomic E-state index is 0.215. The van der Waals surface area contributed by atoms with Gasteiger partial charge in [0.1, 0.15) is 12.4 Å². The molecule has 18 heavy (non-hydrogen) atoms. The van der Waals surface area contributed by atoms with Crippen LogP contribution in [-0.4, -0.2) is 19.6 Å². The third kappa shape index (κ3) is 5.22. The average Bonchev–Trinajstić information content (AvgIpc) is 2.24. The van der Waals surface area contributed by atoms with Crippen LogP contribution in [-0.2, 0) is 10.1 Å². The molecule has 0 aliphatic heterocycles. The fourth-order valence-electron chi connectivity index (χ4n) is 1.13. The summed E-state index contributed by atoms with van der Waals surface area (Å²) in [5.41, 5.74) is 0.628. The highest BCUT2D eigenvalue weighted by Crippen LogP contribution is 2.33. The highest BCUT2D eigenvalue weighted by atomic mass is 79.9. The zero-order chi connectivity index (χ0) is 13.8. The van der Waals surface area contributed by atoms with Crippen molar-refractivity contribution in [1.82, 2.24) is 0 Å². The number of rotatable bonds is 5. The maximum Gasteiger partial charge on any atom is 0.411 e. The topological polar surface area (TPSA) is 18.5 Å². The maximum absolute atomic E-state index is 11.8. The predicted molar refractivity (Wildman–Crippen MR) is 66.6 cm³/mol. The van der Waals surface area contributed by atoms with E-state index in [4.69, 9.17) is 27.9 Å². The first kappa shape index (κ1) is 15.9. The molecule has 0 amide bonds. The van der Waals surface area contributed by atoms with Crippen LogP contribution < -0.4 is 4.74 Å². The molecular formula is C10H8BrCl2F3O2. The second kappa shape index (κ2) is 6.84. The number of hydrogen-bond donors (Lipinski definition) is 0. The molecule has 0 N–H and O–H groups in total. The molecule has 0 radical (unpaired) electrons. The van der Waals surface area contributed by atoms with Gasteiger partial charge in [-0.25, -0.2) is 0 Å². The highest BCUT2D eigenvalue weighted by Gasteiger charge is 2.27. The van der Waals surface area contributed by atoms with E-state index >= 15 is 0 Å². The van der Waals surface area contributed by atoms with Gasteiger partial charge >= 0.3 is 6.18 Å². The van der Waals surface area contributed by atoms with E-state index in [2.05, 4.69) is 20.7 Å². The fraction of sp³-hybridized carbons (Fsp3) is 0.400. The normalized spacial score (nSPS) is 11.7. The molecule has 0 atom stereocenters. The lowest BCUT2D eigenvalue weighted by Gasteiger charge is -2.13. The zero-order valence-electron chi connectivity index (χ0n) is 8.86. The molecule has 0 aliphatic rings. The molecule has 1 aromatic carbocycles. The Hall–Kier alpha value is -0.170. The van der Waals surface area contributed by atoms with Crippen molar-refractivity contribution in [1.29, 1.82) is 0 Å². The summed E-state index contributed by atoms with van der Waals surface area (Å²) in [6.45, 7) is -1.91. The minimum atomic E-state index is -4.38. The summed E-state index contributed by atoms with van der Waals surface area (Å²) in [6, 6.07) is 3.04. The van der Waals surface area contributed by atoms with Crippen LogP contribution in [0.5, 0.6) is 5.75 Å². The van der Waals surface area contributed by atoms with E-state index < -0.39 is 19.6 Å². The molecule has 102 valence electrons. The third-order valence-corrected chi connectivity index (χ3v) is 2.88. The van der Waals surface area contributed by atoms with Gasteiger partial charge in [-0.2, -0.15) is 13.2 Å². The van der Waals surface area contributed by atoms with Crippen molar-refractivity contribution in [3.8, 4) is 5.75 Å². The van der Waals surface area contributed by atoms with E-state index in [0.717, 1.165) is 0 Å². The SMILES string of the molecule is FC(F)(F)COCOc1c(Cl)cc(Cl)cc1CBr. The molecule has 0 saturated heterocycles. The van der Waals surface area contributed by atoms with E-state index in [9.17, 15) is 13.2 Å². The van der Waals surface area contributed by atoms with Gasteiger partial charge in [0.25, 0.3) is 0 Å². The Balaban J connectivity index is 2.62. The molecule has 2 nitrogen and oxygen atoms in total. The lowest BCUT2D eigenvalue weighted by atomic mass is 10.2.